The van der Waals surface area contributed by atoms with E-state index in [-0.39, 0.29) is 30.5 Å². The number of thiazole rings is 1. The number of halogens is 3. The van der Waals surface area contributed by atoms with Crippen LogP contribution in [-0.2, 0) is 9.53 Å². The summed E-state index contributed by atoms with van der Waals surface area (Å²) in [6.07, 6.45) is -5.40. The largest absolute Gasteiger partial charge is 0.573 e. The summed E-state index contributed by atoms with van der Waals surface area (Å²) in [6.45, 7) is 1.97. The van der Waals surface area contributed by atoms with Crippen molar-refractivity contribution in [1.29, 1.82) is 0 Å². The smallest absolute Gasteiger partial charge is 0.450 e. The van der Waals surface area contributed by atoms with Crippen molar-refractivity contribution in [3.63, 3.8) is 0 Å². The molecule has 0 fully saturated rings. The highest BCUT2D eigenvalue weighted by atomic mass is 32.1. The van der Waals surface area contributed by atoms with Crippen LogP contribution in [0.5, 0.6) is 5.75 Å². The lowest BCUT2D eigenvalue weighted by atomic mass is 10.3. The van der Waals surface area contributed by atoms with Crippen molar-refractivity contribution in [2.24, 2.45) is 0 Å². The Morgan fingerprint density at radius 1 is 1.32 bits per heavy atom. The van der Waals surface area contributed by atoms with E-state index in [9.17, 15) is 22.8 Å². The minimum Gasteiger partial charge on any atom is -0.450 e. The molecule has 0 aliphatic rings. The van der Waals surface area contributed by atoms with Crippen molar-refractivity contribution >= 4 is 38.7 Å². The molecule has 2 N–H and O–H groups in total. The van der Waals surface area contributed by atoms with Crippen LogP contribution in [0.2, 0.25) is 0 Å². The first-order valence-electron chi connectivity index (χ1n) is 7.13. The molecule has 2 aromatic rings. The molecule has 0 saturated heterocycles. The minimum absolute atomic E-state index is 0.00280. The molecule has 0 aliphatic heterocycles. The monoisotopic (exact) mass is 377 g/mol. The predicted octanol–water partition coefficient (Wildman–Crippen LogP) is 3.27. The standard InChI is InChI=1S/C14H14F3N3O4S/c1-2-23-13(22)18-6-5-11(21)20-12-19-9-4-3-8(7-10(9)25-12)24-14(15,16)17/h3-4,7H,2,5-6H2,1H3,(H,18,22)(H,19,20,21). The molecule has 0 unspecified atom stereocenters. The second kappa shape index (κ2) is 8.01. The maximum absolute atomic E-state index is 12.2. The van der Waals surface area contributed by atoms with Gasteiger partial charge in [-0.3, -0.25) is 4.79 Å². The number of carbonyl (C=O) groups is 2. The lowest BCUT2D eigenvalue weighted by Gasteiger charge is -2.07. The molecule has 1 heterocycles. The molecule has 1 aromatic carbocycles. The highest BCUT2D eigenvalue weighted by molar-refractivity contribution is 7.22. The normalized spacial score (nSPS) is 11.2. The van der Waals surface area contributed by atoms with Gasteiger partial charge in [0.2, 0.25) is 5.91 Å². The first kappa shape index (κ1) is 18.8. The number of nitrogens with zero attached hydrogens (tertiary/aromatic N) is 1. The zero-order valence-corrected chi connectivity index (χ0v) is 13.8. The van der Waals surface area contributed by atoms with Gasteiger partial charge in [-0.1, -0.05) is 11.3 Å². The van der Waals surface area contributed by atoms with E-state index in [2.05, 4.69) is 25.1 Å². The molecule has 0 bridgehead atoms. The second-order valence-electron chi connectivity index (χ2n) is 4.64. The van der Waals surface area contributed by atoms with E-state index in [1.807, 2.05) is 0 Å². The number of amides is 2. The van der Waals surface area contributed by atoms with Crippen LogP contribution in [0.4, 0.5) is 23.1 Å². The van der Waals surface area contributed by atoms with Crippen molar-refractivity contribution in [2.75, 3.05) is 18.5 Å². The van der Waals surface area contributed by atoms with Crippen molar-refractivity contribution in [3.05, 3.63) is 18.2 Å². The first-order valence-corrected chi connectivity index (χ1v) is 7.95. The molecular formula is C14H14F3N3O4S. The van der Waals surface area contributed by atoms with Gasteiger partial charge in [0.15, 0.2) is 5.13 Å². The molecule has 2 amide bonds. The van der Waals surface area contributed by atoms with Crippen LogP contribution >= 0.6 is 11.3 Å². The highest BCUT2D eigenvalue weighted by Crippen LogP contribution is 2.31. The Labute approximate surface area is 144 Å². The predicted molar refractivity (Wildman–Crippen MR) is 84.6 cm³/mol. The van der Waals surface area contributed by atoms with Gasteiger partial charge in [-0.05, 0) is 19.1 Å². The fourth-order valence-electron chi connectivity index (χ4n) is 1.80. The third-order valence-corrected chi connectivity index (χ3v) is 3.67. The van der Waals surface area contributed by atoms with Gasteiger partial charge < -0.3 is 20.1 Å². The average molecular weight is 377 g/mol. The Balaban J connectivity index is 1.92. The quantitative estimate of drug-likeness (QED) is 0.807. The molecule has 0 radical (unpaired) electrons. The summed E-state index contributed by atoms with van der Waals surface area (Å²) in [4.78, 5) is 26.9. The van der Waals surface area contributed by atoms with Crippen molar-refractivity contribution < 1.29 is 32.2 Å². The molecule has 0 spiro atoms. The van der Waals surface area contributed by atoms with Crippen molar-refractivity contribution in [1.82, 2.24) is 10.3 Å². The molecule has 11 heteroatoms. The first-order chi connectivity index (χ1) is 11.8. The lowest BCUT2D eigenvalue weighted by molar-refractivity contribution is -0.274. The summed E-state index contributed by atoms with van der Waals surface area (Å²) in [5.41, 5.74) is 0.430. The zero-order valence-electron chi connectivity index (χ0n) is 13.0. The number of nitrogens with one attached hydrogen (secondary N) is 2. The van der Waals surface area contributed by atoms with Crippen LogP contribution in [0, 0.1) is 0 Å². The van der Waals surface area contributed by atoms with Gasteiger partial charge in [-0.2, -0.15) is 0 Å². The van der Waals surface area contributed by atoms with E-state index in [4.69, 9.17) is 0 Å². The van der Waals surface area contributed by atoms with Crippen LogP contribution in [0.25, 0.3) is 10.2 Å². The lowest BCUT2D eigenvalue weighted by Crippen LogP contribution is -2.28. The third-order valence-electron chi connectivity index (χ3n) is 2.74. The molecule has 0 aliphatic carbocycles. The van der Waals surface area contributed by atoms with Gasteiger partial charge >= 0.3 is 12.5 Å². The van der Waals surface area contributed by atoms with Crippen LogP contribution in [0.3, 0.4) is 0 Å². The van der Waals surface area contributed by atoms with Gasteiger partial charge in [0.1, 0.15) is 5.75 Å². The highest BCUT2D eigenvalue weighted by Gasteiger charge is 2.31. The van der Waals surface area contributed by atoms with E-state index >= 15 is 0 Å². The number of alkyl halides is 3. The maximum atomic E-state index is 12.2. The minimum atomic E-state index is -4.78. The van der Waals surface area contributed by atoms with Crippen molar-refractivity contribution in [3.8, 4) is 5.75 Å². The summed E-state index contributed by atoms with van der Waals surface area (Å²) in [5, 5.41) is 5.15. The van der Waals surface area contributed by atoms with Crippen LogP contribution in [-0.4, -0.2) is 36.5 Å². The average Bonchev–Trinajstić information content (AvgIpc) is 2.87. The van der Waals surface area contributed by atoms with E-state index in [0.29, 0.717) is 10.2 Å². The fourth-order valence-corrected chi connectivity index (χ4v) is 2.71. The molecule has 136 valence electrons. The number of ether oxygens (including phenoxy) is 2. The van der Waals surface area contributed by atoms with Gasteiger partial charge in [0.05, 0.1) is 16.8 Å². The summed E-state index contributed by atoms with van der Waals surface area (Å²) >= 11 is 1.01. The number of aromatic nitrogens is 1. The maximum Gasteiger partial charge on any atom is 0.573 e. The van der Waals surface area contributed by atoms with E-state index in [1.165, 1.54) is 12.1 Å². The zero-order chi connectivity index (χ0) is 18.4. The molecule has 1 aromatic heterocycles. The Morgan fingerprint density at radius 2 is 2.08 bits per heavy atom. The molecule has 25 heavy (non-hydrogen) atoms. The molecule has 0 atom stereocenters. The van der Waals surface area contributed by atoms with Crippen LogP contribution in [0.1, 0.15) is 13.3 Å². The molecule has 7 nitrogen and oxygen atoms in total. The third kappa shape index (κ3) is 6.10. The second-order valence-corrected chi connectivity index (χ2v) is 5.67. The molecule has 2 rings (SSSR count). The Hall–Kier alpha value is -2.56. The Bertz CT molecular complexity index is 763. The topological polar surface area (TPSA) is 89.5 Å². The summed E-state index contributed by atoms with van der Waals surface area (Å²) in [6, 6.07) is 3.70. The number of fused-ring (bicyclic) bond motifs is 1. The SMILES string of the molecule is CCOC(=O)NCCC(=O)Nc1nc2ccc(OC(F)(F)F)cc2s1. The van der Waals surface area contributed by atoms with E-state index < -0.39 is 18.4 Å². The van der Waals surface area contributed by atoms with Crippen molar-refractivity contribution in [2.45, 2.75) is 19.7 Å². The summed E-state index contributed by atoms with van der Waals surface area (Å²) in [7, 11) is 0. The number of carbonyl (C=O) groups excluding carboxylic acids is 2. The molecule has 0 saturated carbocycles. The molecular weight excluding hydrogens is 363 g/mol. The van der Waals surface area contributed by atoms with Gasteiger partial charge in [-0.15, -0.1) is 13.2 Å². The number of hydrogen-bond donors (Lipinski definition) is 2. The van der Waals surface area contributed by atoms with Crippen LogP contribution in [0.15, 0.2) is 18.2 Å². The summed E-state index contributed by atoms with van der Waals surface area (Å²) < 4.78 is 45.5. The number of alkyl carbamates (subject to hydrolysis) is 1. The van der Waals surface area contributed by atoms with Gasteiger partial charge in [0, 0.05) is 19.0 Å². The Kier molecular flexibility index (Phi) is 6.02. The number of hydrogen-bond acceptors (Lipinski definition) is 6. The number of rotatable bonds is 6. The van der Waals surface area contributed by atoms with E-state index in [0.717, 1.165) is 17.4 Å². The number of benzene rings is 1. The van der Waals surface area contributed by atoms with E-state index in [1.54, 1.807) is 6.92 Å². The van der Waals surface area contributed by atoms with Crippen LogP contribution < -0.4 is 15.4 Å². The van der Waals surface area contributed by atoms with Gasteiger partial charge in [0.25, 0.3) is 0 Å². The number of anilines is 1. The summed E-state index contributed by atoms with van der Waals surface area (Å²) in [5.74, 6) is -0.761. The van der Waals surface area contributed by atoms with Gasteiger partial charge in [-0.25, -0.2) is 9.78 Å². The fraction of sp³-hybridized carbons (Fsp3) is 0.357. The Morgan fingerprint density at radius 3 is 2.76 bits per heavy atom.